The lowest BCUT2D eigenvalue weighted by Gasteiger charge is -2.26. The predicted octanol–water partition coefficient (Wildman–Crippen LogP) is 2.24. The van der Waals surface area contributed by atoms with Crippen LogP contribution in [0.2, 0.25) is 0 Å². The molecule has 1 aliphatic rings. The van der Waals surface area contributed by atoms with E-state index in [0.29, 0.717) is 36.5 Å². The van der Waals surface area contributed by atoms with E-state index in [1.54, 1.807) is 41.8 Å². The van der Waals surface area contributed by atoms with Gasteiger partial charge < -0.3 is 14.2 Å². The summed E-state index contributed by atoms with van der Waals surface area (Å²) in [6.07, 6.45) is 7.20. The van der Waals surface area contributed by atoms with Crippen molar-refractivity contribution in [3.05, 3.63) is 71.6 Å². The van der Waals surface area contributed by atoms with Crippen molar-refractivity contribution in [2.24, 2.45) is 0 Å². The van der Waals surface area contributed by atoms with E-state index in [2.05, 4.69) is 15.1 Å². The molecule has 0 atom stereocenters. The Morgan fingerprint density at radius 1 is 1.20 bits per heavy atom. The Labute approximate surface area is 144 Å². The molecule has 0 fully saturated rings. The van der Waals surface area contributed by atoms with Crippen LogP contribution in [0, 0.1) is 0 Å². The second-order valence-electron chi connectivity index (χ2n) is 5.73. The maximum absolute atomic E-state index is 12.6. The topological polar surface area (TPSA) is 81.4 Å². The first-order valence-electron chi connectivity index (χ1n) is 7.99. The summed E-state index contributed by atoms with van der Waals surface area (Å²) in [5, 5.41) is 4.11. The number of ether oxygens (including phenoxy) is 1. The Kier molecular flexibility index (Phi) is 4.12. The molecule has 0 aromatic carbocycles. The standard InChI is InChI=1S/C18H16N4O3/c23-18(13-3-1-6-19-9-13)22-8-5-17-15(11-22)16(21-25-17)12-24-14-4-2-7-20-10-14/h1-4,6-7,9-10H,5,8,11-12H2. The highest BCUT2D eigenvalue weighted by Gasteiger charge is 2.27. The van der Waals surface area contributed by atoms with Crippen LogP contribution >= 0.6 is 0 Å². The number of fused-ring (bicyclic) bond motifs is 1. The fourth-order valence-corrected chi connectivity index (χ4v) is 2.81. The van der Waals surface area contributed by atoms with Crippen molar-refractivity contribution in [2.45, 2.75) is 19.6 Å². The van der Waals surface area contributed by atoms with Crippen molar-refractivity contribution in [2.75, 3.05) is 6.54 Å². The number of rotatable bonds is 4. The summed E-state index contributed by atoms with van der Waals surface area (Å²) in [6, 6.07) is 7.17. The fourth-order valence-electron chi connectivity index (χ4n) is 2.81. The minimum absolute atomic E-state index is 0.0425. The van der Waals surface area contributed by atoms with Crippen molar-refractivity contribution in [1.29, 1.82) is 0 Å². The molecule has 1 aliphatic heterocycles. The molecular weight excluding hydrogens is 320 g/mol. The van der Waals surface area contributed by atoms with Gasteiger partial charge in [-0.1, -0.05) is 5.16 Å². The zero-order valence-electron chi connectivity index (χ0n) is 13.5. The number of amides is 1. The summed E-state index contributed by atoms with van der Waals surface area (Å²) in [7, 11) is 0. The summed E-state index contributed by atoms with van der Waals surface area (Å²) < 4.78 is 11.1. The van der Waals surface area contributed by atoms with E-state index in [0.717, 1.165) is 11.3 Å². The number of carbonyl (C=O) groups excluding carboxylic acids is 1. The minimum Gasteiger partial charge on any atom is -0.486 e. The van der Waals surface area contributed by atoms with Crippen LogP contribution < -0.4 is 4.74 Å². The lowest BCUT2D eigenvalue weighted by molar-refractivity contribution is 0.0728. The van der Waals surface area contributed by atoms with Crippen molar-refractivity contribution >= 4 is 5.91 Å². The van der Waals surface area contributed by atoms with Gasteiger partial charge >= 0.3 is 0 Å². The molecule has 0 bridgehead atoms. The molecule has 7 heteroatoms. The van der Waals surface area contributed by atoms with Crippen molar-refractivity contribution < 1.29 is 14.1 Å². The number of pyridine rings is 2. The molecule has 3 aromatic rings. The van der Waals surface area contributed by atoms with Gasteiger partial charge in [0, 0.05) is 37.1 Å². The van der Waals surface area contributed by atoms with Crippen molar-refractivity contribution in [3.8, 4) is 5.75 Å². The third kappa shape index (κ3) is 3.21. The molecular formula is C18H16N4O3. The van der Waals surface area contributed by atoms with Crippen molar-refractivity contribution in [1.82, 2.24) is 20.0 Å². The van der Waals surface area contributed by atoms with Crippen LogP contribution in [0.5, 0.6) is 5.75 Å². The molecule has 0 saturated carbocycles. The first-order valence-corrected chi connectivity index (χ1v) is 7.99. The van der Waals surface area contributed by atoms with Gasteiger partial charge in [-0.05, 0) is 24.3 Å². The molecule has 0 saturated heterocycles. The molecule has 0 radical (unpaired) electrons. The summed E-state index contributed by atoms with van der Waals surface area (Å²) in [6.45, 7) is 1.33. The highest BCUT2D eigenvalue weighted by atomic mass is 16.5. The van der Waals surface area contributed by atoms with Crippen LogP contribution in [-0.2, 0) is 19.6 Å². The highest BCUT2D eigenvalue weighted by Crippen LogP contribution is 2.24. The van der Waals surface area contributed by atoms with Crippen LogP contribution in [0.4, 0.5) is 0 Å². The average molecular weight is 336 g/mol. The van der Waals surface area contributed by atoms with Gasteiger partial charge in [0.15, 0.2) is 0 Å². The number of hydrogen-bond donors (Lipinski definition) is 0. The Bertz CT molecular complexity index is 865. The highest BCUT2D eigenvalue weighted by molar-refractivity contribution is 5.94. The van der Waals surface area contributed by atoms with Gasteiger partial charge in [0.05, 0.1) is 18.3 Å². The molecule has 4 rings (SSSR count). The van der Waals surface area contributed by atoms with Crippen LogP contribution in [0.25, 0.3) is 0 Å². The van der Waals surface area contributed by atoms with E-state index in [4.69, 9.17) is 9.26 Å². The molecule has 3 aromatic heterocycles. The largest absolute Gasteiger partial charge is 0.486 e. The normalized spacial score (nSPS) is 13.4. The summed E-state index contributed by atoms with van der Waals surface area (Å²) in [5.41, 5.74) is 2.21. The van der Waals surface area contributed by atoms with Gasteiger partial charge in [0.25, 0.3) is 5.91 Å². The van der Waals surface area contributed by atoms with Crippen LogP contribution in [0.1, 0.15) is 27.4 Å². The third-order valence-electron chi connectivity index (χ3n) is 4.11. The molecule has 1 amide bonds. The minimum atomic E-state index is -0.0425. The van der Waals surface area contributed by atoms with E-state index >= 15 is 0 Å². The van der Waals surface area contributed by atoms with Gasteiger partial charge in [-0.3, -0.25) is 14.8 Å². The molecule has 126 valence electrons. The lowest BCUT2D eigenvalue weighted by atomic mass is 10.1. The maximum atomic E-state index is 12.6. The fraction of sp³-hybridized carbons (Fsp3) is 0.222. The van der Waals surface area contributed by atoms with Gasteiger partial charge in [-0.2, -0.15) is 0 Å². The third-order valence-corrected chi connectivity index (χ3v) is 4.11. The van der Waals surface area contributed by atoms with E-state index in [1.165, 1.54) is 0 Å². The Hall–Kier alpha value is -3.22. The Balaban J connectivity index is 1.49. The van der Waals surface area contributed by atoms with Crippen LogP contribution in [-0.4, -0.2) is 32.5 Å². The van der Waals surface area contributed by atoms with Crippen LogP contribution in [0.3, 0.4) is 0 Å². The molecule has 0 spiro atoms. The Morgan fingerprint density at radius 2 is 2.04 bits per heavy atom. The Morgan fingerprint density at radius 3 is 2.80 bits per heavy atom. The number of hydrogen-bond acceptors (Lipinski definition) is 6. The number of aromatic nitrogens is 3. The first-order chi connectivity index (χ1) is 12.3. The molecule has 0 unspecified atom stereocenters. The van der Waals surface area contributed by atoms with Gasteiger partial charge in [0.1, 0.15) is 23.8 Å². The van der Waals surface area contributed by atoms with E-state index < -0.39 is 0 Å². The maximum Gasteiger partial charge on any atom is 0.255 e. The van der Waals surface area contributed by atoms with E-state index in [-0.39, 0.29) is 12.5 Å². The summed E-state index contributed by atoms with van der Waals surface area (Å²) in [5.74, 6) is 1.44. The lowest BCUT2D eigenvalue weighted by Crippen LogP contribution is -2.36. The first kappa shape index (κ1) is 15.3. The average Bonchev–Trinajstić information content (AvgIpc) is 3.09. The second-order valence-corrected chi connectivity index (χ2v) is 5.73. The second kappa shape index (κ2) is 6.72. The quantitative estimate of drug-likeness (QED) is 0.727. The van der Waals surface area contributed by atoms with E-state index in [1.807, 2.05) is 12.1 Å². The smallest absolute Gasteiger partial charge is 0.255 e. The van der Waals surface area contributed by atoms with Crippen LogP contribution in [0.15, 0.2) is 53.6 Å². The zero-order chi connectivity index (χ0) is 17.1. The molecule has 7 nitrogen and oxygen atoms in total. The monoisotopic (exact) mass is 336 g/mol. The zero-order valence-corrected chi connectivity index (χ0v) is 13.5. The molecule has 0 aliphatic carbocycles. The molecule has 0 N–H and O–H groups in total. The SMILES string of the molecule is O=C(c1cccnc1)N1CCc2onc(COc3cccnc3)c2C1. The molecule has 25 heavy (non-hydrogen) atoms. The number of nitrogens with zero attached hydrogens (tertiary/aromatic N) is 4. The summed E-state index contributed by atoms with van der Waals surface area (Å²) in [4.78, 5) is 22.4. The number of carbonyl (C=O) groups is 1. The van der Waals surface area contributed by atoms with Gasteiger partial charge in [-0.25, -0.2) is 0 Å². The van der Waals surface area contributed by atoms with E-state index in [9.17, 15) is 4.79 Å². The predicted molar refractivity (Wildman–Crippen MR) is 87.8 cm³/mol. The van der Waals surface area contributed by atoms with Gasteiger partial charge in [0.2, 0.25) is 0 Å². The summed E-state index contributed by atoms with van der Waals surface area (Å²) >= 11 is 0. The van der Waals surface area contributed by atoms with Crippen molar-refractivity contribution in [3.63, 3.8) is 0 Å². The van der Waals surface area contributed by atoms with Gasteiger partial charge in [-0.15, -0.1) is 0 Å². The molecule has 4 heterocycles.